The largest absolute Gasteiger partial charge is 0.481 e. The van der Waals surface area contributed by atoms with Crippen LogP contribution in [0.3, 0.4) is 0 Å². The van der Waals surface area contributed by atoms with Crippen LogP contribution in [-0.4, -0.2) is 56.1 Å². The second-order valence-electron chi connectivity index (χ2n) is 5.54. The van der Waals surface area contributed by atoms with E-state index < -0.39 is 23.0 Å². The number of amides is 2. The van der Waals surface area contributed by atoms with Gasteiger partial charge in [0.05, 0.1) is 30.8 Å². The Labute approximate surface area is 120 Å². The molecular weight excluding hydrogens is 264 g/mol. The predicted octanol–water partition coefficient (Wildman–Crippen LogP) is 0.838. The van der Waals surface area contributed by atoms with E-state index in [0.717, 1.165) is 0 Å². The topological polar surface area (TPSA) is 96.9 Å². The number of carbonyl (C=O) groups is 2. The first-order valence-electron chi connectivity index (χ1n) is 6.51. The zero-order valence-corrected chi connectivity index (χ0v) is 12.9. The van der Waals surface area contributed by atoms with Gasteiger partial charge >= 0.3 is 12.0 Å². The molecule has 0 fully saturated rings. The Hall–Kier alpha value is -1.34. The molecule has 0 aromatic carbocycles. The quantitative estimate of drug-likeness (QED) is 0.547. The monoisotopic (exact) mass is 290 g/mol. The molecule has 0 saturated heterocycles. The fourth-order valence-electron chi connectivity index (χ4n) is 1.23. The van der Waals surface area contributed by atoms with Gasteiger partial charge in [-0.25, -0.2) is 4.79 Å². The van der Waals surface area contributed by atoms with Crippen molar-refractivity contribution >= 4 is 12.0 Å². The average Bonchev–Trinajstić information content (AvgIpc) is 2.32. The molecule has 118 valence electrons. The van der Waals surface area contributed by atoms with E-state index in [-0.39, 0.29) is 0 Å². The molecule has 0 aliphatic carbocycles. The van der Waals surface area contributed by atoms with Gasteiger partial charge < -0.3 is 25.2 Å². The average molecular weight is 290 g/mol. The van der Waals surface area contributed by atoms with E-state index in [9.17, 15) is 14.7 Å². The molecule has 0 atom stereocenters. The molecule has 2 amide bonds. The summed E-state index contributed by atoms with van der Waals surface area (Å²) in [7, 11) is 1.58. The van der Waals surface area contributed by atoms with Crippen LogP contribution in [-0.2, 0) is 14.3 Å². The second-order valence-corrected chi connectivity index (χ2v) is 5.54. The summed E-state index contributed by atoms with van der Waals surface area (Å²) in [5.74, 6) is -0.967. The van der Waals surface area contributed by atoms with Gasteiger partial charge in [-0.2, -0.15) is 0 Å². The minimum atomic E-state index is -1.08. The first-order valence-corrected chi connectivity index (χ1v) is 6.51. The van der Waals surface area contributed by atoms with Crippen molar-refractivity contribution in [2.45, 2.75) is 33.2 Å². The SMILES string of the molecule is COCCOCCNC(=O)NC(C)(C)C(C)(C)C(=O)O. The molecule has 0 heterocycles. The summed E-state index contributed by atoms with van der Waals surface area (Å²) in [5.41, 5.74) is -1.97. The summed E-state index contributed by atoms with van der Waals surface area (Å²) >= 11 is 0. The number of carboxylic acids is 1. The second kappa shape index (κ2) is 8.06. The fraction of sp³-hybridized carbons (Fsp3) is 0.846. The lowest BCUT2D eigenvalue weighted by atomic mass is 9.74. The van der Waals surface area contributed by atoms with Crippen molar-refractivity contribution in [1.82, 2.24) is 10.6 Å². The van der Waals surface area contributed by atoms with Crippen LogP contribution in [0.5, 0.6) is 0 Å². The maximum Gasteiger partial charge on any atom is 0.315 e. The van der Waals surface area contributed by atoms with Crippen molar-refractivity contribution in [2.24, 2.45) is 5.41 Å². The number of methoxy groups -OCH3 is 1. The summed E-state index contributed by atoms with van der Waals surface area (Å²) in [6.07, 6.45) is 0. The number of rotatable bonds is 9. The Bertz CT molecular complexity index is 329. The summed E-state index contributed by atoms with van der Waals surface area (Å²) in [6.45, 7) is 8.19. The van der Waals surface area contributed by atoms with Crippen molar-refractivity contribution in [2.75, 3.05) is 33.5 Å². The molecule has 0 aromatic rings. The first-order chi connectivity index (χ1) is 9.15. The van der Waals surface area contributed by atoms with Crippen LogP contribution in [0.1, 0.15) is 27.7 Å². The summed E-state index contributed by atoms with van der Waals surface area (Å²) in [4.78, 5) is 22.9. The van der Waals surface area contributed by atoms with Gasteiger partial charge in [-0.1, -0.05) is 0 Å². The maximum atomic E-state index is 11.7. The lowest BCUT2D eigenvalue weighted by Crippen LogP contribution is -2.59. The van der Waals surface area contributed by atoms with Gasteiger partial charge in [-0.3, -0.25) is 4.79 Å². The van der Waals surface area contributed by atoms with Gasteiger partial charge in [0.2, 0.25) is 0 Å². The van der Waals surface area contributed by atoms with Gasteiger partial charge in [0.15, 0.2) is 0 Å². The van der Waals surface area contributed by atoms with Crippen LogP contribution in [0.4, 0.5) is 4.79 Å². The zero-order chi connectivity index (χ0) is 15.8. The number of aliphatic carboxylic acids is 1. The minimum absolute atomic E-state index is 0.346. The zero-order valence-electron chi connectivity index (χ0n) is 12.9. The van der Waals surface area contributed by atoms with E-state index in [1.165, 1.54) is 0 Å². The molecule has 0 rings (SSSR count). The van der Waals surface area contributed by atoms with E-state index in [1.807, 2.05) is 0 Å². The summed E-state index contributed by atoms with van der Waals surface area (Å²) < 4.78 is 10.0. The van der Waals surface area contributed by atoms with E-state index in [0.29, 0.717) is 26.4 Å². The van der Waals surface area contributed by atoms with Crippen molar-refractivity contribution in [3.8, 4) is 0 Å². The fourth-order valence-corrected chi connectivity index (χ4v) is 1.23. The third-order valence-electron chi connectivity index (χ3n) is 3.49. The highest BCUT2D eigenvalue weighted by Crippen LogP contribution is 2.30. The number of hydrogen-bond donors (Lipinski definition) is 3. The molecule has 3 N–H and O–H groups in total. The molecule has 0 bridgehead atoms. The molecule has 0 saturated carbocycles. The van der Waals surface area contributed by atoms with Crippen molar-refractivity contribution in [3.05, 3.63) is 0 Å². The molecule has 7 nitrogen and oxygen atoms in total. The number of carboxylic acid groups (broad SMARTS) is 1. The van der Waals surface area contributed by atoms with Crippen LogP contribution in [0.2, 0.25) is 0 Å². The number of carbonyl (C=O) groups excluding carboxylic acids is 1. The van der Waals surface area contributed by atoms with Gasteiger partial charge in [0.25, 0.3) is 0 Å². The Morgan fingerprint density at radius 1 is 1.10 bits per heavy atom. The number of urea groups is 1. The molecule has 0 aromatic heterocycles. The summed E-state index contributed by atoms with van der Waals surface area (Å²) in [6, 6.07) is -0.417. The number of ether oxygens (including phenoxy) is 2. The Morgan fingerprint density at radius 2 is 1.70 bits per heavy atom. The van der Waals surface area contributed by atoms with Crippen LogP contribution >= 0.6 is 0 Å². The van der Waals surface area contributed by atoms with Crippen LogP contribution in [0.15, 0.2) is 0 Å². The Morgan fingerprint density at radius 3 is 2.20 bits per heavy atom. The molecule has 0 unspecified atom stereocenters. The van der Waals surface area contributed by atoms with Crippen LogP contribution < -0.4 is 10.6 Å². The minimum Gasteiger partial charge on any atom is -0.481 e. The highest BCUT2D eigenvalue weighted by Gasteiger charge is 2.44. The highest BCUT2D eigenvalue weighted by molar-refractivity contribution is 5.79. The third-order valence-corrected chi connectivity index (χ3v) is 3.49. The smallest absolute Gasteiger partial charge is 0.315 e. The van der Waals surface area contributed by atoms with E-state index in [4.69, 9.17) is 9.47 Å². The molecule has 0 aliphatic rings. The number of nitrogens with one attached hydrogen (secondary N) is 2. The molecule has 7 heteroatoms. The Balaban J connectivity index is 4.10. The normalized spacial score (nSPS) is 12.1. The third kappa shape index (κ3) is 5.75. The van der Waals surface area contributed by atoms with Gasteiger partial charge in [-0.05, 0) is 27.7 Å². The molecule has 0 aliphatic heterocycles. The van der Waals surface area contributed by atoms with Crippen LogP contribution in [0, 0.1) is 5.41 Å². The van der Waals surface area contributed by atoms with Crippen molar-refractivity contribution in [1.29, 1.82) is 0 Å². The highest BCUT2D eigenvalue weighted by atomic mass is 16.5. The Kier molecular flexibility index (Phi) is 7.52. The van der Waals surface area contributed by atoms with Crippen LogP contribution in [0.25, 0.3) is 0 Å². The van der Waals surface area contributed by atoms with Gasteiger partial charge in [0.1, 0.15) is 0 Å². The molecule has 0 spiro atoms. The predicted molar refractivity (Wildman–Crippen MR) is 74.7 cm³/mol. The summed E-state index contributed by atoms with van der Waals surface area (Å²) in [5, 5.41) is 14.5. The standard InChI is InChI=1S/C13H26N2O5/c1-12(2,10(16)17)13(3,4)15-11(18)14-6-7-20-9-8-19-5/h6-9H2,1-5H3,(H,16,17)(H2,14,15,18). The lowest BCUT2D eigenvalue weighted by Gasteiger charge is -2.38. The van der Waals surface area contributed by atoms with E-state index >= 15 is 0 Å². The molecule has 0 radical (unpaired) electrons. The van der Waals surface area contributed by atoms with Gasteiger partial charge in [0, 0.05) is 13.7 Å². The lowest BCUT2D eigenvalue weighted by molar-refractivity contribution is -0.150. The molecule has 20 heavy (non-hydrogen) atoms. The maximum absolute atomic E-state index is 11.7. The van der Waals surface area contributed by atoms with Crippen molar-refractivity contribution in [3.63, 3.8) is 0 Å². The van der Waals surface area contributed by atoms with E-state index in [1.54, 1.807) is 34.8 Å². The number of hydrogen-bond acceptors (Lipinski definition) is 4. The van der Waals surface area contributed by atoms with E-state index in [2.05, 4.69) is 10.6 Å². The first kappa shape index (κ1) is 18.7. The molecular formula is C13H26N2O5. The van der Waals surface area contributed by atoms with Gasteiger partial charge in [-0.15, -0.1) is 0 Å². The van der Waals surface area contributed by atoms with Crippen molar-refractivity contribution < 1.29 is 24.2 Å².